The van der Waals surface area contributed by atoms with Crippen LogP contribution in [-0.2, 0) is 16.6 Å². The Labute approximate surface area is 121 Å². The number of unbranched alkanes of at least 4 members (excludes halogenated alkanes) is 1. The van der Waals surface area contributed by atoms with E-state index in [1.54, 1.807) is 13.1 Å². The number of nitrogens with zero attached hydrogens (tertiary/aromatic N) is 1. The van der Waals surface area contributed by atoms with Crippen molar-refractivity contribution in [2.45, 2.75) is 38.2 Å². The maximum absolute atomic E-state index is 12.4. The third-order valence-corrected chi connectivity index (χ3v) is 4.89. The van der Waals surface area contributed by atoms with E-state index in [2.05, 4.69) is 0 Å². The van der Waals surface area contributed by atoms with Crippen LogP contribution in [0.25, 0.3) is 0 Å². The van der Waals surface area contributed by atoms with E-state index >= 15 is 0 Å². The van der Waals surface area contributed by atoms with Crippen LogP contribution in [0.2, 0.25) is 0 Å². The minimum Gasteiger partial charge on any atom is -0.494 e. The second-order valence-corrected chi connectivity index (χ2v) is 6.59. The highest BCUT2D eigenvalue weighted by atomic mass is 32.2. The van der Waals surface area contributed by atoms with Crippen molar-refractivity contribution >= 4 is 10.0 Å². The van der Waals surface area contributed by atoms with Crippen LogP contribution in [0.5, 0.6) is 5.75 Å². The number of aliphatic hydroxyl groups excluding tert-OH is 1. The topological polar surface area (TPSA) is 66.8 Å². The molecule has 0 amide bonds. The van der Waals surface area contributed by atoms with Gasteiger partial charge in [-0.3, -0.25) is 0 Å². The largest absolute Gasteiger partial charge is 0.494 e. The Morgan fingerprint density at radius 1 is 1.30 bits per heavy atom. The molecule has 0 spiro atoms. The number of hydrogen-bond donors (Lipinski definition) is 1. The van der Waals surface area contributed by atoms with Crippen LogP contribution in [0, 0.1) is 0 Å². The van der Waals surface area contributed by atoms with Gasteiger partial charge in [0.05, 0.1) is 18.1 Å². The standard InChI is InChI=1S/C14H23NO4S/c1-4-6-9-15(3)20(17,18)13-7-8-14(19-5-2)12(10-13)11-16/h7-8,10,16H,4-6,9,11H2,1-3H3. The fourth-order valence-corrected chi connectivity index (χ4v) is 3.08. The molecule has 0 bridgehead atoms. The van der Waals surface area contributed by atoms with Crippen LogP contribution in [0.15, 0.2) is 23.1 Å². The molecule has 0 heterocycles. The van der Waals surface area contributed by atoms with Crippen molar-refractivity contribution in [2.24, 2.45) is 0 Å². The van der Waals surface area contributed by atoms with Gasteiger partial charge in [0.15, 0.2) is 0 Å². The molecule has 0 saturated carbocycles. The molecule has 0 radical (unpaired) electrons. The molecular formula is C14H23NO4S. The number of hydrogen-bond acceptors (Lipinski definition) is 4. The molecule has 5 nitrogen and oxygen atoms in total. The monoisotopic (exact) mass is 301 g/mol. The van der Waals surface area contributed by atoms with E-state index in [9.17, 15) is 13.5 Å². The quantitative estimate of drug-likeness (QED) is 0.797. The van der Waals surface area contributed by atoms with Gasteiger partial charge in [0.1, 0.15) is 5.75 Å². The fraction of sp³-hybridized carbons (Fsp3) is 0.571. The summed E-state index contributed by atoms with van der Waals surface area (Å²) in [6.07, 6.45) is 1.75. The first kappa shape index (κ1) is 16.9. The van der Waals surface area contributed by atoms with E-state index in [1.165, 1.54) is 16.4 Å². The van der Waals surface area contributed by atoms with Crippen molar-refractivity contribution in [3.63, 3.8) is 0 Å². The fourth-order valence-electron chi connectivity index (χ4n) is 1.82. The Morgan fingerprint density at radius 3 is 2.55 bits per heavy atom. The second-order valence-electron chi connectivity index (χ2n) is 4.54. The first-order chi connectivity index (χ1) is 9.47. The minimum atomic E-state index is -3.51. The zero-order valence-corrected chi connectivity index (χ0v) is 13.1. The lowest BCUT2D eigenvalue weighted by Crippen LogP contribution is -2.28. The number of rotatable bonds is 8. The maximum Gasteiger partial charge on any atom is 0.242 e. The van der Waals surface area contributed by atoms with Crippen molar-refractivity contribution < 1.29 is 18.3 Å². The summed E-state index contributed by atoms with van der Waals surface area (Å²) in [6.45, 7) is 4.55. The average molecular weight is 301 g/mol. The lowest BCUT2D eigenvalue weighted by molar-refractivity contribution is 0.266. The third-order valence-electron chi connectivity index (χ3n) is 3.04. The van der Waals surface area contributed by atoms with Gasteiger partial charge < -0.3 is 9.84 Å². The van der Waals surface area contributed by atoms with Crippen LogP contribution in [0.3, 0.4) is 0 Å². The Hall–Kier alpha value is -1.11. The highest BCUT2D eigenvalue weighted by molar-refractivity contribution is 7.89. The lowest BCUT2D eigenvalue weighted by atomic mass is 10.2. The van der Waals surface area contributed by atoms with Crippen molar-refractivity contribution in [3.8, 4) is 5.75 Å². The molecule has 0 aliphatic rings. The zero-order chi connectivity index (χ0) is 15.2. The molecule has 1 rings (SSSR count). The van der Waals surface area contributed by atoms with Crippen molar-refractivity contribution in [3.05, 3.63) is 23.8 Å². The Balaban J connectivity index is 3.06. The zero-order valence-electron chi connectivity index (χ0n) is 12.3. The van der Waals surface area contributed by atoms with Crippen LogP contribution >= 0.6 is 0 Å². The molecule has 0 aromatic heterocycles. The summed E-state index contributed by atoms with van der Waals surface area (Å²) in [5, 5.41) is 9.33. The molecule has 6 heteroatoms. The molecule has 1 aromatic rings. The normalized spacial score (nSPS) is 11.8. The highest BCUT2D eigenvalue weighted by Crippen LogP contribution is 2.24. The van der Waals surface area contributed by atoms with E-state index in [1.807, 2.05) is 13.8 Å². The van der Waals surface area contributed by atoms with Gasteiger partial charge in [-0.05, 0) is 31.5 Å². The average Bonchev–Trinajstić information content (AvgIpc) is 2.45. The van der Waals surface area contributed by atoms with Crippen molar-refractivity contribution in [2.75, 3.05) is 20.2 Å². The minimum absolute atomic E-state index is 0.184. The Kier molecular flexibility index (Phi) is 6.45. The Morgan fingerprint density at radius 2 is 2.00 bits per heavy atom. The summed E-state index contributed by atoms with van der Waals surface area (Å²) < 4.78 is 31.5. The predicted octanol–water partition coefficient (Wildman–Crippen LogP) is 2.00. The van der Waals surface area contributed by atoms with Gasteiger partial charge in [0.2, 0.25) is 10.0 Å². The van der Waals surface area contributed by atoms with Gasteiger partial charge in [-0.1, -0.05) is 13.3 Å². The van der Waals surface area contributed by atoms with E-state index in [-0.39, 0.29) is 11.5 Å². The van der Waals surface area contributed by atoms with E-state index in [0.717, 1.165) is 12.8 Å². The number of ether oxygens (including phenoxy) is 1. The molecule has 0 aliphatic carbocycles. The van der Waals surface area contributed by atoms with E-state index in [0.29, 0.717) is 24.5 Å². The molecular weight excluding hydrogens is 278 g/mol. The van der Waals surface area contributed by atoms with Gasteiger partial charge in [-0.25, -0.2) is 12.7 Å². The van der Waals surface area contributed by atoms with E-state index in [4.69, 9.17) is 4.74 Å². The first-order valence-corrected chi connectivity index (χ1v) is 8.24. The van der Waals surface area contributed by atoms with Gasteiger partial charge >= 0.3 is 0 Å². The lowest BCUT2D eigenvalue weighted by Gasteiger charge is -2.18. The summed E-state index contributed by atoms with van der Waals surface area (Å²) in [7, 11) is -1.94. The summed E-state index contributed by atoms with van der Waals surface area (Å²) in [5.41, 5.74) is 0.483. The van der Waals surface area contributed by atoms with E-state index < -0.39 is 10.0 Å². The molecule has 20 heavy (non-hydrogen) atoms. The molecule has 0 aliphatic heterocycles. The molecule has 0 saturated heterocycles. The van der Waals surface area contributed by atoms with Crippen LogP contribution in [-0.4, -0.2) is 38.0 Å². The molecule has 0 unspecified atom stereocenters. The Bertz CT molecular complexity index is 528. The maximum atomic E-state index is 12.4. The van der Waals surface area contributed by atoms with Crippen LogP contribution < -0.4 is 4.74 Å². The highest BCUT2D eigenvalue weighted by Gasteiger charge is 2.21. The predicted molar refractivity (Wildman–Crippen MR) is 78.3 cm³/mol. The van der Waals surface area contributed by atoms with Crippen molar-refractivity contribution in [1.29, 1.82) is 0 Å². The van der Waals surface area contributed by atoms with Gasteiger partial charge in [0.25, 0.3) is 0 Å². The second kappa shape index (κ2) is 7.61. The summed E-state index contributed by atoms with van der Waals surface area (Å²) in [5.74, 6) is 0.519. The van der Waals surface area contributed by atoms with Crippen LogP contribution in [0.1, 0.15) is 32.3 Å². The van der Waals surface area contributed by atoms with Crippen LogP contribution in [0.4, 0.5) is 0 Å². The molecule has 1 aromatic carbocycles. The number of benzene rings is 1. The molecule has 0 fully saturated rings. The summed E-state index contributed by atoms with van der Waals surface area (Å²) in [4.78, 5) is 0.184. The summed E-state index contributed by atoms with van der Waals surface area (Å²) in [6, 6.07) is 4.58. The SMILES string of the molecule is CCCCN(C)S(=O)(=O)c1ccc(OCC)c(CO)c1. The van der Waals surface area contributed by atoms with Gasteiger partial charge in [0, 0.05) is 19.2 Å². The number of aliphatic hydroxyl groups is 1. The summed E-state index contributed by atoms with van der Waals surface area (Å²) >= 11 is 0. The molecule has 114 valence electrons. The molecule has 0 atom stereocenters. The third kappa shape index (κ3) is 3.94. The van der Waals surface area contributed by atoms with Crippen molar-refractivity contribution in [1.82, 2.24) is 4.31 Å². The molecule has 1 N–H and O–H groups in total. The smallest absolute Gasteiger partial charge is 0.242 e. The van der Waals surface area contributed by atoms with Gasteiger partial charge in [-0.15, -0.1) is 0 Å². The van der Waals surface area contributed by atoms with Gasteiger partial charge in [-0.2, -0.15) is 0 Å². The number of sulfonamides is 1. The first-order valence-electron chi connectivity index (χ1n) is 6.80.